The fourth-order valence-electron chi connectivity index (χ4n) is 9.88. The van der Waals surface area contributed by atoms with Gasteiger partial charge in [-0.25, -0.2) is 4.98 Å². The summed E-state index contributed by atoms with van der Waals surface area (Å²) in [6.45, 7) is 0. The van der Waals surface area contributed by atoms with E-state index in [1.165, 1.54) is 38.8 Å². The molecule has 0 fully saturated rings. The first-order valence-corrected chi connectivity index (χ1v) is 22.8. The topological polar surface area (TPSA) is 30.7 Å². The minimum Gasteiger partial charge on any atom is -0.309 e. The van der Waals surface area contributed by atoms with Crippen molar-refractivity contribution >= 4 is 21.8 Å². The van der Waals surface area contributed by atoms with E-state index in [-0.39, 0.29) is 0 Å². The average Bonchev–Trinajstić information content (AvgIpc) is 3.76. The van der Waals surface area contributed by atoms with Gasteiger partial charge in [-0.2, -0.15) is 0 Å². The highest BCUT2D eigenvalue weighted by Gasteiger charge is 2.29. The fourth-order valence-corrected chi connectivity index (χ4v) is 9.88. The Labute approximate surface area is 390 Å². The third-order valence-corrected chi connectivity index (χ3v) is 12.9. The van der Waals surface area contributed by atoms with Crippen LogP contribution in [-0.4, -0.2) is 14.5 Å². The lowest BCUT2D eigenvalue weighted by Crippen LogP contribution is -2.01. The number of pyridine rings is 2. The first-order chi connectivity index (χ1) is 33.3. The third-order valence-electron chi connectivity index (χ3n) is 12.9. The minimum atomic E-state index is 0.908. The van der Waals surface area contributed by atoms with Crippen molar-refractivity contribution in [3.63, 3.8) is 0 Å². The van der Waals surface area contributed by atoms with Crippen molar-refractivity contribution in [2.45, 2.75) is 0 Å². The Bertz CT molecular complexity index is 3700. The molecule has 0 aliphatic carbocycles. The van der Waals surface area contributed by atoms with Crippen molar-refractivity contribution in [1.82, 2.24) is 14.5 Å². The van der Waals surface area contributed by atoms with Gasteiger partial charge in [0, 0.05) is 56.7 Å². The Balaban J connectivity index is 1.25. The second kappa shape index (κ2) is 17.2. The molecule has 0 unspecified atom stereocenters. The molecule has 9 aromatic carbocycles. The summed E-state index contributed by atoms with van der Waals surface area (Å²) < 4.78 is 2.52. The molecule has 0 N–H and O–H groups in total. The zero-order valence-corrected chi connectivity index (χ0v) is 36.7. The highest BCUT2D eigenvalue weighted by atomic mass is 15.0. The summed E-state index contributed by atoms with van der Waals surface area (Å²) in [7, 11) is 0. The van der Waals surface area contributed by atoms with E-state index in [1.807, 2.05) is 24.5 Å². The van der Waals surface area contributed by atoms with E-state index in [9.17, 15) is 0 Å². The molecule has 67 heavy (non-hydrogen) atoms. The Morgan fingerprint density at radius 1 is 0.284 bits per heavy atom. The van der Waals surface area contributed by atoms with Crippen LogP contribution in [0.3, 0.4) is 0 Å². The first kappa shape index (κ1) is 39.7. The van der Waals surface area contributed by atoms with Crippen LogP contribution in [0.2, 0.25) is 0 Å². The average molecular weight is 854 g/mol. The first-order valence-electron chi connectivity index (χ1n) is 22.8. The predicted octanol–water partition coefficient (Wildman–Crippen LogP) is 16.9. The summed E-state index contributed by atoms with van der Waals surface area (Å²) in [6.07, 6.45) is 3.64. The van der Waals surface area contributed by atoms with E-state index in [4.69, 9.17) is 4.98 Å². The highest BCUT2D eigenvalue weighted by Crippen LogP contribution is 2.54. The van der Waals surface area contributed by atoms with E-state index in [0.29, 0.717) is 0 Å². The SMILES string of the molecule is c1ccc(-c2cccc(-c3cccc(-n4c5ccc(-c6cccc(-c7ccncc7)n6)cc5c5c(-c6ccccc6)c(-c6ccccc6)c(-c6ccccc6)c(-c6ccccc6)c54)c3)c2)cc1. The number of fused-ring (bicyclic) bond motifs is 3. The van der Waals surface area contributed by atoms with Gasteiger partial charge in [0.2, 0.25) is 0 Å². The summed E-state index contributed by atoms with van der Waals surface area (Å²) in [5.74, 6) is 0. The number of nitrogens with zero attached hydrogens (tertiary/aromatic N) is 3. The van der Waals surface area contributed by atoms with E-state index in [1.54, 1.807) is 0 Å². The molecule has 3 nitrogen and oxygen atoms in total. The lowest BCUT2D eigenvalue weighted by molar-refractivity contribution is 1.18. The molecule has 3 heterocycles. The smallest absolute Gasteiger partial charge is 0.0710 e. The normalized spacial score (nSPS) is 11.3. The van der Waals surface area contributed by atoms with Crippen LogP contribution in [0.25, 0.3) is 117 Å². The molecule has 0 atom stereocenters. The maximum Gasteiger partial charge on any atom is 0.0710 e. The van der Waals surface area contributed by atoms with Gasteiger partial charge in [-0.05, 0) is 105 Å². The van der Waals surface area contributed by atoms with Gasteiger partial charge in [0.05, 0.1) is 22.4 Å². The van der Waals surface area contributed by atoms with Gasteiger partial charge < -0.3 is 4.57 Å². The largest absolute Gasteiger partial charge is 0.309 e. The molecule has 12 rings (SSSR count). The number of benzene rings is 9. The Morgan fingerprint density at radius 3 is 1.33 bits per heavy atom. The van der Waals surface area contributed by atoms with Crippen LogP contribution < -0.4 is 0 Å². The van der Waals surface area contributed by atoms with Crippen molar-refractivity contribution in [2.75, 3.05) is 0 Å². The standard InChI is InChI=1S/C64H43N3/c1-6-19-44(20-7-1)50-29-16-30-51(41-50)52-31-17-32-54(42-52)67-58-36-35-53(57-34-18-33-56(66-57)45-37-39-65-40-38-45)43-55(58)63-61(48-25-12-4-13-26-48)59(46-21-8-2-9-22-46)60(47-23-10-3-11-24-47)62(64(63)67)49-27-14-5-15-28-49/h1-43H. The van der Waals surface area contributed by atoms with Crippen molar-refractivity contribution < 1.29 is 0 Å². The summed E-state index contributed by atoms with van der Waals surface area (Å²) in [5, 5.41) is 2.33. The molecule has 0 aliphatic heterocycles. The van der Waals surface area contributed by atoms with Crippen molar-refractivity contribution in [3.8, 4) is 95.0 Å². The molecule has 0 aliphatic rings. The van der Waals surface area contributed by atoms with Crippen molar-refractivity contribution in [3.05, 3.63) is 261 Å². The lowest BCUT2D eigenvalue weighted by atomic mass is 9.80. The van der Waals surface area contributed by atoms with Crippen LogP contribution in [0.4, 0.5) is 0 Å². The minimum absolute atomic E-state index is 0.908. The molecule has 3 heteroatoms. The Hall–Kier alpha value is -8.92. The van der Waals surface area contributed by atoms with Gasteiger partial charge in [-0.1, -0.05) is 194 Å². The molecule has 0 saturated carbocycles. The van der Waals surface area contributed by atoms with Crippen molar-refractivity contribution in [2.24, 2.45) is 0 Å². The van der Waals surface area contributed by atoms with Crippen LogP contribution in [0.1, 0.15) is 0 Å². The Kier molecular flexibility index (Phi) is 10.2. The van der Waals surface area contributed by atoms with Crippen LogP contribution >= 0.6 is 0 Å². The molecule has 0 amide bonds. The van der Waals surface area contributed by atoms with Crippen LogP contribution in [-0.2, 0) is 0 Å². The highest BCUT2D eigenvalue weighted by molar-refractivity contribution is 6.26. The summed E-state index contributed by atoms with van der Waals surface area (Å²) in [5.41, 5.74) is 21.3. The Morgan fingerprint density at radius 2 is 0.731 bits per heavy atom. The summed E-state index contributed by atoms with van der Waals surface area (Å²) >= 11 is 0. The molecule has 3 aromatic heterocycles. The monoisotopic (exact) mass is 853 g/mol. The number of rotatable bonds is 9. The van der Waals surface area contributed by atoms with Crippen LogP contribution in [0.5, 0.6) is 0 Å². The molecular weight excluding hydrogens is 811 g/mol. The maximum atomic E-state index is 5.27. The van der Waals surface area contributed by atoms with Gasteiger partial charge in [0.15, 0.2) is 0 Å². The quantitative estimate of drug-likeness (QED) is 0.145. The molecular formula is C64H43N3. The second-order valence-corrected chi connectivity index (χ2v) is 16.9. The van der Waals surface area contributed by atoms with E-state index >= 15 is 0 Å². The zero-order chi connectivity index (χ0) is 44.5. The van der Waals surface area contributed by atoms with Gasteiger partial charge in [0.1, 0.15) is 0 Å². The maximum absolute atomic E-state index is 5.27. The fraction of sp³-hybridized carbons (Fsp3) is 0. The predicted molar refractivity (Wildman–Crippen MR) is 280 cm³/mol. The van der Waals surface area contributed by atoms with E-state index < -0.39 is 0 Å². The zero-order valence-electron chi connectivity index (χ0n) is 36.7. The molecule has 0 spiro atoms. The van der Waals surface area contributed by atoms with E-state index in [2.05, 4.69) is 246 Å². The van der Waals surface area contributed by atoms with Gasteiger partial charge in [0.25, 0.3) is 0 Å². The van der Waals surface area contributed by atoms with Crippen LogP contribution in [0, 0.1) is 0 Å². The van der Waals surface area contributed by atoms with E-state index in [0.717, 1.165) is 78.0 Å². The van der Waals surface area contributed by atoms with Crippen LogP contribution in [0.15, 0.2) is 261 Å². The van der Waals surface area contributed by atoms with Crippen molar-refractivity contribution in [1.29, 1.82) is 0 Å². The number of hydrogen-bond acceptors (Lipinski definition) is 2. The summed E-state index contributed by atoms with van der Waals surface area (Å²) in [4.78, 5) is 9.54. The molecule has 0 bridgehead atoms. The number of hydrogen-bond donors (Lipinski definition) is 0. The van der Waals surface area contributed by atoms with Gasteiger partial charge in [-0.15, -0.1) is 0 Å². The lowest BCUT2D eigenvalue weighted by Gasteiger charge is -2.24. The molecule has 0 saturated heterocycles. The molecule has 0 radical (unpaired) electrons. The number of aromatic nitrogens is 3. The van der Waals surface area contributed by atoms with Gasteiger partial charge in [-0.3, -0.25) is 4.98 Å². The third kappa shape index (κ3) is 7.29. The molecule has 314 valence electrons. The molecule has 12 aromatic rings. The second-order valence-electron chi connectivity index (χ2n) is 16.9. The van der Waals surface area contributed by atoms with Gasteiger partial charge >= 0.3 is 0 Å². The summed E-state index contributed by atoms with van der Waals surface area (Å²) in [6, 6.07) is 89.7.